The highest BCUT2D eigenvalue weighted by molar-refractivity contribution is 5.75. The van der Waals surface area contributed by atoms with Gasteiger partial charge in [0.15, 0.2) is 11.6 Å². The normalized spacial score (nSPS) is 28.1. The van der Waals surface area contributed by atoms with Gasteiger partial charge in [0.05, 0.1) is 6.54 Å². The van der Waals surface area contributed by atoms with E-state index in [0.717, 1.165) is 12.0 Å². The third-order valence-electron chi connectivity index (χ3n) is 2.48. The molecule has 0 aromatic heterocycles. The minimum Gasteiger partial charge on any atom is -0.370 e. The Morgan fingerprint density at radius 2 is 2.14 bits per heavy atom. The highest BCUT2D eigenvalue weighted by Crippen LogP contribution is 2.40. The van der Waals surface area contributed by atoms with E-state index < -0.39 is 18.3 Å². The number of likely N-dealkylation sites (tertiary alicyclic amines) is 1. The van der Waals surface area contributed by atoms with Gasteiger partial charge in [-0.25, -0.2) is 0 Å². The number of guanidine groups is 1. The van der Waals surface area contributed by atoms with Crippen LogP contribution in [0.2, 0.25) is 0 Å². The van der Waals surface area contributed by atoms with E-state index >= 15 is 0 Å². The first-order valence-corrected chi connectivity index (χ1v) is 4.03. The van der Waals surface area contributed by atoms with Crippen LogP contribution in [0.3, 0.4) is 0 Å². The standard InChI is InChI=1S/C7H12F3N3O/c1-14-6(7(8,9)10)2-3-13(4-6)5(11)12/h2-4H2,1H3,(H3,11,12)/t6-/m1/s1. The lowest BCUT2D eigenvalue weighted by Crippen LogP contribution is -2.50. The van der Waals surface area contributed by atoms with Crippen LogP contribution in [0.1, 0.15) is 6.42 Å². The van der Waals surface area contributed by atoms with Crippen molar-refractivity contribution in [2.24, 2.45) is 5.73 Å². The summed E-state index contributed by atoms with van der Waals surface area (Å²) >= 11 is 0. The van der Waals surface area contributed by atoms with Crippen molar-refractivity contribution in [3.8, 4) is 0 Å². The highest BCUT2D eigenvalue weighted by Gasteiger charge is 2.59. The maximum absolute atomic E-state index is 12.6. The third-order valence-corrected chi connectivity index (χ3v) is 2.48. The summed E-state index contributed by atoms with van der Waals surface area (Å²) in [4.78, 5) is 1.15. The molecule has 0 unspecified atom stereocenters. The van der Waals surface area contributed by atoms with E-state index in [1.54, 1.807) is 0 Å². The average molecular weight is 211 g/mol. The lowest BCUT2D eigenvalue weighted by atomic mass is 10.0. The van der Waals surface area contributed by atoms with Crippen LogP contribution in [-0.4, -0.2) is 42.8 Å². The van der Waals surface area contributed by atoms with E-state index in [2.05, 4.69) is 4.74 Å². The largest absolute Gasteiger partial charge is 0.419 e. The molecule has 1 heterocycles. The maximum Gasteiger partial charge on any atom is 0.419 e. The van der Waals surface area contributed by atoms with Gasteiger partial charge in [0, 0.05) is 20.1 Å². The van der Waals surface area contributed by atoms with Crippen molar-refractivity contribution in [2.45, 2.75) is 18.2 Å². The van der Waals surface area contributed by atoms with E-state index in [1.807, 2.05) is 0 Å². The zero-order valence-corrected chi connectivity index (χ0v) is 7.69. The van der Waals surface area contributed by atoms with Crippen LogP contribution in [0.4, 0.5) is 13.2 Å². The van der Waals surface area contributed by atoms with Crippen molar-refractivity contribution in [2.75, 3.05) is 20.2 Å². The van der Waals surface area contributed by atoms with Gasteiger partial charge in [-0.05, 0) is 0 Å². The summed E-state index contributed by atoms with van der Waals surface area (Å²) in [6.07, 6.45) is -4.61. The molecule has 0 bridgehead atoms. The van der Waals surface area contributed by atoms with E-state index in [4.69, 9.17) is 11.1 Å². The fraction of sp³-hybridized carbons (Fsp3) is 0.857. The van der Waals surface area contributed by atoms with Crippen molar-refractivity contribution < 1.29 is 17.9 Å². The Labute approximate surface area is 79.3 Å². The van der Waals surface area contributed by atoms with Crippen LogP contribution in [-0.2, 0) is 4.74 Å². The summed E-state index contributed by atoms with van der Waals surface area (Å²) < 4.78 is 42.3. The number of hydrogen-bond acceptors (Lipinski definition) is 2. The molecule has 1 saturated heterocycles. The Kier molecular flexibility index (Phi) is 2.62. The molecule has 0 saturated carbocycles. The van der Waals surface area contributed by atoms with Crippen LogP contribution in [0.25, 0.3) is 0 Å². The molecular formula is C7H12F3N3O. The number of rotatable bonds is 1. The smallest absolute Gasteiger partial charge is 0.370 e. The molecule has 4 nitrogen and oxygen atoms in total. The third kappa shape index (κ3) is 1.63. The topological polar surface area (TPSA) is 62.3 Å². The second-order valence-electron chi connectivity index (χ2n) is 3.25. The van der Waals surface area contributed by atoms with E-state index in [9.17, 15) is 13.2 Å². The van der Waals surface area contributed by atoms with Crippen molar-refractivity contribution in [3.63, 3.8) is 0 Å². The summed E-state index contributed by atoms with van der Waals surface area (Å²) in [6.45, 7) is -0.301. The predicted molar refractivity (Wildman–Crippen MR) is 43.9 cm³/mol. The molecule has 0 amide bonds. The molecule has 0 aromatic carbocycles. The van der Waals surface area contributed by atoms with E-state index in [-0.39, 0.29) is 18.9 Å². The average Bonchev–Trinajstić information content (AvgIpc) is 2.47. The number of halogens is 3. The summed E-state index contributed by atoms with van der Waals surface area (Å²) in [6, 6.07) is 0. The number of hydrogen-bond donors (Lipinski definition) is 2. The van der Waals surface area contributed by atoms with E-state index in [0.29, 0.717) is 0 Å². The number of nitrogens with two attached hydrogens (primary N) is 1. The molecule has 1 rings (SSSR count). The summed E-state index contributed by atoms with van der Waals surface area (Å²) in [5.74, 6) is -0.354. The monoisotopic (exact) mass is 211 g/mol. The van der Waals surface area contributed by atoms with Gasteiger partial charge < -0.3 is 15.4 Å². The number of methoxy groups -OCH3 is 1. The molecule has 82 valence electrons. The fourth-order valence-electron chi connectivity index (χ4n) is 1.50. The Bertz CT molecular complexity index is 243. The summed E-state index contributed by atoms with van der Waals surface area (Å²) in [5, 5.41) is 7.03. The van der Waals surface area contributed by atoms with Gasteiger partial charge in [-0.1, -0.05) is 0 Å². The van der Waals surface area contributed by atoms with Gasteiger partial charge in [-0.15, -0.1) is 0 Å². The van der Waals surface area contributed by atoms with Crippen molar-refractivity contribution >= 4 is 5.96 Å². The first-order valence-electron chi connectivity index (χ1n) is 4.03. The maximum atomic E-state index is 12.6. The van der Waals surface area contributed by atoms with Crippen LogP contribution >= 0.6 is 0 Å². The number of nitrogens with zero attached hydrogens (tertiary/aromatic N) is 1. The lowest BCUT2D eigenvalue weighted by Gasteiger charge is -2.30. The van der Waals surface area contributed by atoms with Gasteiger partial charge in [0.1, 0.15) is 0 Å². The highest BCUT2D eigenvalue weighted by atomic mass is 19.4. The Balaban J connectivity index is 2.82. The first-order chi connectivity index (χ1) is 6.32. The van der Waals surface area contributed by atoms with Crippen LogP contribution in [0.5, 0.6) is 0 Å². The molecule has 1 atom stereocenters. The quantitative estimate of drug-likeness (QED) is 0.491. The van der Waals surface area contributed by atoms with Gasteiger partial charge in [0.2, 0.25) is 0 Å². The molecule has 1 fully saturated rings. The van der Waals surface area contributed by atoms with Crippen molar-refractivity contribution in [1.29, 1.82) is 5.41 Å². The Morgan fingerprint density at radius 3 is 2.36 bits per heavy atom. The zero-order chi connectivity index (χ0) is 11.0. The number of alkyl halides is 3. The molecule has 3 N–H and O–H groups in total. The molecule has 1 aliphatic rings. The Morgan fingerprint density at radius 1 is 1.57 bits per heavy atom. The van der Waals surface area contributed by atoms with Crippen LogP contribution in [0.15, 0.2) is 0 Å². The first kappa shape index (κ1) is 11.1. The molecule has 0 spiro atoms. The predicted octanol–water partition coefficient (Wildman–Crippen LogP) is 0.533. The number of ether oxygens (including phenoxy) is 1. The number of nitrogens with one attached hydrogen (secondary N) is 1. The molecule has 14 heavy (non-hydrogen) atoms. The SMILES string of the molecule is CO[C@]1(C(F)(F)F)CCN(C(=N)N)C1. The minimum absolute atomic E-state index is 0.0999. The molecule has 0 aromatic rings. The van der Waals surface area contributed by atoms with Gasteiger partial charge in [-0.2, -0.15) is 13.2 Å². The molecule has 0 radical (unpaired) electrons. The second kappa shape index (κ2) is 3.30. The zero-order valence-electron chi connectivity index (χ0n) is 7.69. The van der Waals surface area contributed by atoms with E-state index in [1.165, 1.54) is 0 Å². The van der Waals surface area contributed by atoms with Gasteiger partial charge in [0.25, 0.3) is 0 Å². The fourth-order valence-corrected chi connectivity index (χ4v) is 1.50. The summed E-state index contributed by atoms with van der Waals surface area (Å²) in [5.41, 5.74) is 2.94. The minimum atomic E-state index is -4.42. The second-order valence-corrected chi connectivity index (χ2v) is 3.25. The van der Waals surface area contributed by atoms with Gasteiger partial charge >= 0.3 is 6.18 Å². The lowest BCUT2D eigenvalue weighted by molar-refractivity contribution is -0.263. The van der Waals surface area contributed by atoms with Crippen molar-refractivity contribution in [3.05, 3.63) is 0 Å². The van der Waals surface area contributed by atoms with Crippen LogP contribution < -0.4 is 5.73 Å². The Hall–Kier alpha value is -0.980. The van der Waals surface area contributed by atoms with Crippen molar-refractivity contribution in [1.82, 2.24) is 4.90 Å². The molecule has 7 heteroatoms. The molecule has 1 aliphatic heterocycles. The summed E-state index contributed by atoms with van der Waals surface area (Å²) in [7, 11) is 1.02. The molecule has 0 aliphatic carbocycles. The molecular weight excluding hydrogens is 199 g/mol. The van der Waals surface area contributed by atoms with Crippen LogP contribution in [0, 0.1) is 5.41 Å². The van der Waals surface area contributed by atoms with Gasteiger partial charge in [-0.3, -0.25) is 5.41 Å².